The van der Waals surface area contributed by atoms with E-state index in [1.165, 1.54) is 47.7 Å². The molecule has 2 aromatic carbocycles. The molecule has 0 spiro atoms. The summed E-state index contributed by atoms with van der Waals surface area (Å²) in [5, 5.41) is 6.96. The number of alkyl halides is 3. The van der Waals surface area contributed by atoms with E-state index in [9.17, 15) is 27.2 Å². The molecular weight excluding hydrogens is 488 g/mol. The fourth-order valence-electron chi connectivity index (χ4n) is 2.99. The first kappa shape index (κ1) is 26.1. The number of ether oxygens (including phenoxy) is 1. The van der Waals surface area contributed by atoms with Crippen LogP contribution in [0.2, 0.25) is 0 Å². The molecule has 2 N–H and O–H groups in total. The average Bonchev–Trinajstić information content (AvgIpc) is 3.30. The van der Waals surface area contributed by atoms with Crippen LogP contribution < -0.4 is 10.6 Å². The Hall–Kier alpha value is -3.51. The van der Waals surface area contributed by atoms with Gasteiger partial charge in [-0.1, -0.05) is 24.3 Å². The Balaban J connectivity index is 1.62. The topological polar surface area (TPSA) is 83.6 Å². The lowest BCUT2D eigenvalue weighted by Gasteiger charge is -2.22. The Labute approximate surface area is 202 Å². The summed E-state index contributed by atoms with van der Waals surface area (Å²) in [7, 11) is 1.48. The van der Waals surface area contributed by atoms with Crippen LogP contribution in [0, 0.1) is 5.82 Å². The van der Waals surface area contributed by atoms with Crippen molar-refractivity contribution in [2.24, 2.45) is 0 Å². The molecular formula is C23H22F4N4O3S. The molecule has 0 atom stereocenters. The van der Waals surface area contributed by atoms with Crippen molar-refractivity contribution in [3.05, 3.63) is 81.6 Å². The lowest BCUT2D eigenvalue weighted by Crippen LogP contribution is -2.37. The molecule has 0 bridgehead atoms. The molecule has 0 fully saturated rings. The summed E-state index contributed by atoms with van der Waals surface area (Å²) in [5.41, 5.74) is -0.420. The first-order valence-electron chi connectivity index (χ1n) is 10.4. The van der Waals surface area contributed by atoms with E-state index in [1.54, 1.807) is 6.07 Å². The highest BCUT2D eigenvalue weighted by Gasteiger charge is 2.30. The number of para-hydroxylation sites is 1. The van der Waals surface area contributed by atoms with Gasteiger partial charge in [0.25, 0.3) is 5.91 Å². The number of carbonyl (C=O) groups is 2. The average molecular weight is 511 g/mol. The minimum absolute atomic E-state index is 0.0220. The van der Waals surface area contributed by atoms with Crippen molar-refractivity contribution in [2.75, 3.05) is 25.6 Å². The predicted octanol–water partition coefficient (Wildman–Crippen LogP) is 4.91. The van der Waals surface area contributed by atoms with Crippen molar-refractivity contribution in [1.82, 2.24) is 15.2 Å². The molecule has 0 aliphatic carbocycles. The summed E-state index contributed by atoms with van der Waals surface area (Å²) in [6.45, 7) is 0.337. The van der Waals surface area contributed by atoms with E-state index in [2.05, 4.69) is 15.6 Å². The standard InChI is InChI=1S/C23H22F4N4O3S/c1-34-10-9-31(22(33)30-18-8-3-2-7-17(18)24)13-20-29-19(14-35-20)21(32)28-12-15-5-4-6-16(11-15)23(25,26)27/h2-8,11,14H,9-10,12-13H2,1H3,(H,28,32)(H,30,33). The van der Waals surface area contributed by atoms with Crippen LogP contribution in [0.5, 0.6) is 0 Å². The minimum Gasteiger partial charge on any atom is -0.383 e. The van der Waals surface area contributed by atoms with Crippen LogP contribution in [0.15, 0.2) is 53.9 Å². The Kier molecular flexibility index (Phi) is 8.77. The first-order chi connectivity index (χ1) is 16.7. The summed E-state index contributed by atoms with van der Waals surface area (Å²) >= 11 is 1.14. The summed E-state index contributed by atoms with van der Waals surface area (Å²) in [6.07, 6.45) is -4.48. The molecule has 12 heteroatoms. The second-order valence-corrected chi connectivity index (χ2v) is 8.27. The maximum Gasteiger partial charge on any atom is 0.416 e. The van der Waals surface area contributed by atoms with Crippen molar-refractivity contribution in [2.45, 2.75) is 19.3 Å². The molecule has 0 saturated heterocycles. The van der Waals surface area contributed by atoms with Gasteiger partial charge in [-0.15, -0.1) is 11.3 Å². The second-order valence-electron chi connectivity index (χ2n) is 7.33. The number of urea groups is 1. The van der Waals surface area contributed by atoms with Gasteiger partial charge in [0.2, 0.25) is 0 Å². The Bertz CT molecular complexity index is 1170. The van der Waals surface area contributed by atoms with E-state index in [0.29, 0.717) is 10.6 Å². The van der Waals surface area contributed by atoms with Gasteiger partial charge in [-0.2, -0.15) is 13.2 Å². The number of halogens is 4. The summed E-state index contributed by atoms with van der Waals surface area (Å²) in [5.74, 6) is -1.15. The Morgan fingerprint density at radius 1 is 1.14 bits per heavy atom. The zero-order valence-electron chi connectivity index (χ0n) is 18.6. The number of thiazole rings is 1. The smallest absolute Gasteiger partial charge is 0.383 e. The van der Waals surface area contributed by atoms with E-state index in [0.717, 1.165) is 23.5 Å². The number of nitrogens with zero attached hydrogens (tertiary/aromatic N) is 2. The summed E-state index contributed by atoms with van der Waals surface area (Å²) in [6, 6.07) is 9.84. The van der Waals surface area contributed by atoms with Gasteiger partial charge in [-0.25, -0.2) is 14.2 Å². The van der Waals surface area contributed by atoms with Crippen LogP contribution in [0.3, 0.4) is 0 Å². The number of aromatic nitrogens is 1. The number of nitrogens with one attached hydrogen (secondary N) is 2. The highest BCUT2D eigenvalue weighted by atomic mass is 32.1. The number of benzene rings is 2. The number of methoxy groups -OCH3 is 1. The molecule has 0 unspecified atom stereocenters. The zero-order valence-corrected chi connectivity index (χ0v) is 19.4. The SMILES string of the molecule is COCCN(Cc1nc(C(=O)NCc2cccc(C(F)(F)F)c2)cs1)C(=O)Nc1ccccc1F. The van der Waals surface area contributed by atoms with Crippen molar-refractivity contribution >= 4 is 29.0 Å². The van der Waals surface area contributed by atoms with Crippen LogP contribution in [0.25, 0.3) is 0 Å². The van der Waals surface area contributed by atoms with E-state index >= 15 is 0 Å². The predicted molar refractivity (Wildman–Crippen MR) is 122 cm³/mol. The maximum atomic E-state index is 13.9. The van der Waals surface area contributed by atoms with Gasteiger partial charge in [0.05, 0.1) is 24.4 Å². The third kappa shape index (κ3) is 7.49. The maximum absolute atomic E-state index is 13.9. The summed E-state index contributed by atoms with van der Waals surface area (Å²) < 4.78 is 57.5. The Morgan fingerprint density at radius 3 is 2.63 bits per heavy atom. The molecule has 186 valence electrons. The molecule has 35 heavy (non-hydrogen) atoms. The van der Waals surface area contributed by atoms with Crippen LogP contribution in [0.1, 0.15) is 26.6 Å². The van der Waals surface area contributed by atoms with Gasteiger partial charge < -0.3 is 20.3 Å². The third-order valence-corrected chi connectivity index (χ3v) is 5.62. The van der Waals surface area contributed by atoms with Gasteiger partial charge in [0.15, 0.2) is 0 Å². The normalized spacial score (nSPS) is 11.2. The fraction of sp³-hybridized carbons (Fsp3) is 0.261. The van der Waals surface area contributed by atoms with Gasteiger partial charge >= 0.3 is 12.2 Å². The lowest BCUT2D eigenvalue weighted by molar-refractivity contribution is -0.137. The molecule has 0 aliphatic heterocycles. The van der Waals surface area contributed by atoms with Crippen molar-refractivity contribution in [1.29, 1.82) is 0 Å². The number of hydrogen-bond acceptors (Lipinski definition) is 5. The van der Waals surface area contributed by atoms with Crippen molar-refractivity contribution < 1.29 is 31.9 Å². The number of carbonyl (C=O) groups excluding carboxylic acids is 2. The zero-order chi connectivity index (χ0) is 25.4. The summed E-state index contributed by atoms with van der Waals surface area (Å²) in [4.78, 5) is 30.7. The number of anilines is 1. The van der Waals surface area contributed by atoms with Crippen LogP contribution in [0.4, 0.5) is 28.0 Å². The third-order valence-electron chi connectivity index (χ3n) is 4.79. The number of amides is 3. The van der Waals surface area contributed by atoms with Crippen LogP contribution in [-0.2, 0) is 24.0 Å². The molecule has 7 nitrogen and oxygen atoms in total. The van der Waals surface area contributed by atoms with E-state index < -0.39 is 29.5 Å². The largest absolute Gasteiger partial charge is 0.416 e. The van der Waals surface area contributed by atoms with Crippen molar-refractivity contribution in [3.8, 4) is 0 Å². The van der Waals surface area contributed by atoms with Gasteiger partial charge in [0, 0.05) is 25.6 Å². The lowest BCUT2D eigenvalue weighted by atomic mass is 10.1. The second kappa shape index (κ2) is 11.8. The monoisotopic (exact) mass is 510 g/mol. The van der Waals surface area contributed by atoms with Gasteiger partial charge in [0.1, 0.15) is 16.5 Å². The van der Waals surface area contributed by atoms with Crippen molar-refractivity contribution in [3.63, 3.8) is 0 Å². The molecule has 0 aliphatic rings. The van der Waals surface area contributed by atoms with E-state index in [4.69, 9.17) is 4.74 Å². The quantitative estimate of drug-likeness (QED) is 0.401. The van der Waals surface area contributed by atoms with Crippen LogP contribution in [-0.4, -0.2) is 42.1 Å². The van der Waals surface area contributed by atoms with Gasteiger partial charge in [-0.05, 0) is 29.8 Å². The molecule has 0 saturated carbocycles. The molecule has 1 heterocycles. The first-order valence-corrected chi connectivity index (χ1v) is 11.2. The highest BCUT2D eigenvalue weighted by Crippen LogP contribution is 2.29. The molecule has 3 rings (SSSR count). The van der Waals surface area contributed by atoms with E-state index in [1.807, 2.05) is 0 Å². The number of rotatable bonds is 9. The van der Waals surface area contributed by atoms with E-state index in [-0.39, 0.29) is 37.6 Å². The van der Waals surface area contributed by atoms with Crippen LogP contribution >= 0.6 is 11.3 Å². The molecule has 1 aromatic heterocycles. The minimum atomic E-state index is -4.48. The van der Waals surface area contributed by atoms with Gasteiger partial charge in [-0.3, -0.25) is 4.79 Å². The molecule has 0 radical (unpaired) electrons. The Morgan fingerprint density at radius 2 is 1.91 bits per heavy atom. The molecule has 3 aromatic rings. The fourth-order valence-corrected chi connectivity index (χ4v) is 3.78. The molecule has 3 amide bonds. The highest BCUT2D eigenvalue weighted by molar-refractivity contribution is 7.09. The number of hydrogen-bond donors (Lipinski definition) is 2.